The van der Waals surface area contributed by atoms with Crippen LogP contribution in [-0.2, 0) is 0 Å². The highest BCUT2D eigenvalue weighted by molar-refractivity contribution is 9.10. The average molecular weight is 478 g/mol. The van der Waals surface area contributed by atoms with Gasteiger partial charge < -0.3 is 0 Å². The standard InChI is InChI=1S/C22H26Br2N2/c1-12(2)17-10-20(26-11-19(17)23)18-9-15(18)8-13(3)16-6-7-25-22(21(16)24)14-4-5-14/h6-7,10-15,18H,4-5,8-9H2,1-3H3. The van der Waals surface area contributed by atoms with Crippen molar-refractivity contribution in [2.75, 3.05) is 0 Å². The first-order valence-electron chi connectivity index (χ1n) is 9.75. The Labute approximate surface area is 173 Å². The lowest BCUT2D eigenvalue weighted by Crippen LogP contribution is -2.01. The number of pyridine rings is 2. The fourth-order valence-electron chi connectivity index (χ4n) is 4.07. The van der Waals surface area contributed by atoms with E-state index >= 15 is 0 Å². The van der Waals surface area contributed by atoms with E-state index in [2.05, 4.69) is 69.7 Å². The second-order valence-electron chi connectivity index (χ2n) is 8.40. The summed E-state index contributed by atoms with van der Waals surface area (Å²) >= 11 is 7.49. The van der Waals surface area contributed by atoms with E-state index in [1.165, 1.54) is 52.7 Å². The molecule has 4 rings (SSSR count). The third-order valence-electron chi connectivity index (χ3n) is 5.93. The van der Waals surface area contributed by atoms with Crippen molar-refractivity contribution >= 4 is 31.9 Å². The number of aromatic nitrogens is 2. The summed E-state index contributed by atoms with van der Waals surface area (Å²) in [6.07, 6.45) is 9.08. The summed E-state index contributed by atoms with van der Waals surface area (Å²) in [5.74, 6) is 3.15. The fraction of sp³-hybridized carbons (Fsp3) is 0.545. The fourth-order valence-corrected chi connectivity index (χ4v) is 5.69. The van der Waals surface area contributed by atoms with Crippen molar-refractivity contribution in [3.8, 4) is 0 Å². The molecule has 0 saturated heterocycles. The Kier molecular flexibility index (Phi) is 5.26. The highest BCUT2D eigenvalue weighted by Crippen LogP contribution is 2.53. The second kappa shape index (κ2) is 7.35. The van der Waals surface area contributed by atoms with E-state index in [0.717, 1.165) is 10.4 Å². The molecule has 0 aliphatic heterocycles. The number of rotatable bonds is 6. The average Bonchev–Trinajstić information content (AvgIpc) is 3.50. The zero-order chi connectivity index (χ0) is 18.4. The molecular formula is C22H26Br2N2. The Hall–Kier alpha value is -0.740. The van der Waals surface area contributed by atoms with Crippen LogP contribution in [0.3, 0.4) is 0 Å². The summed E-state index contributed by atoms with van der Waals surface area (Å²) in [4.78, 5) is 9.32. The van der Waals surface area contributed by atoms with Crippen molar-refractivity contribution in [3.05, 3.63) is 56.0 Å². The maximum absolute atomic E-state index is 4.71. The molecule has 0 N–H and O–H groups in total. The third kappa shape index (κ3) is 3.77. The Morgan fingerprint density at radius 2 is 1.88 bits per heavy atom. The van der Waals surface area contributed by atoms with Gasteiger partial charge in [0.1, 0.15) is 0 Å². The molecule has 4 heteroatoms. The van der Waals surface area contributed by atoms with E-state index < -0.39 is 0 Å². The monoisotopic (exact) mass is 476 g/mol. The first kappa shape index (κ1) is 18.6. The molecule has 0 radical (unpaired) electrons. The Morgan fingerprint density at radius 3 is 2.58 bits per heavy atom. The normalized spacial score (nSPS) is 23.3. The quantitative estimate of drug-likeness (QED) is 0.436. The van der Waals surface area contributed by atoms with Crippen LogP contribution in [0.1, 0.15) is 92.6 Å². The summed E-state index contributed by atoms with van der Waals surface area (Å²) in [6.45, 7) is 6.85. The van der Waals surface area contributed by atoms with Gasteiger partial charge in [-0.1, -0.05) is 20.8 Å². The Morgan fingerprint density at radius 1 is 1.12 bits per heavy atom. The highest BCUT2D eigenvalue weighted by Gasteiger charge is 2.40. The van der Waals surface area contributed by atoms with Gasteiger partial charge in [0.05, 0.1) is 5.69 Å². The topological polar surface area (TPSA) is 25.8 Å². The molecule has 3 unspecified atom stereocenters. The van der Waals surface area contributed by atoms with Gasteiger partial charge in [-0.15, -0.1) is 0 Å². The van der Waals surface area contributed by atoms with Gasteiger partial charge in [0.25, 0.3) is 0 Å². The summed E-state index contributed by atoms with van der Waals surface area (Å²) in [7, 11) is 0. The first-order chi connectivity index (χ1) is 12.5. The number of nitrogens with zero attached hydrogens (tertiary/aromatic N) is 2. The predicted molar refractivity (Wildman–Crippen MR) is 114 cm³/mol. The molecule has 2 aromatic rings. The van der Waals surface area contributed by atoms with E-state index in [4.69, 9.17) is 4.98 Å². The van der Waals surface area contributed by atoms with Crippen LogP contribution in [0.15, 0.2) is 33.5 Å². The van der Waals surface area contributed by atoms with Crippen LogP contribution in [0, 0.1) is 5.92 Å². The molecule has 0 aromatic carbocycles. The molecule has 2 heterocycles. The maximum atomic E-state index is 4.71. The molecule has 2 aromatic heterocycles. The van der Waals surface area contributed by atoms with Gasteiger partial charge in [-0.25, -0.2) is 0 Å². The zero-order valence-corrected chi connectivity index (χ0v) is 18.8. The van der Waals surface area contributed by atoms with Crippen molar-refractivity contribution in [2.24, 2.45) is 5.92 Å². The molecule has 2 fully saturated rings. The van der Waals surface area contributed by atoms with Crippen molar-refractivity contribution in [2.45, 2.75) is 70.1 Å². The minimum absolute atomic E-state index is 0.524. The van der Waals surface area contributed by atoms with Crippen molar-refractivity contribution < 1.29 is 0 Å². The van der Waals surface area contributed by atoms with E-state index in [9.17, 15) is 0 Å². The van der Waals surface area contributed by atoms with Gasteiger partial charge in [-0.05, 0) is 98.6 Å². The van der Waals surface area contributed by atoms with Crippen molar-refractivity contribution in [1.29, 1.82) is 0 Å². The Bertz CT molecular complexity index is 814. The molecule has 26 heavy (non-hydrogen) atoms. The van der Waals surface area contributed by atoms with E-state index in [1.54, 1.807) is 0 Å². The van der Waals surface area contributed by atoms with E-state index in [0.29, 0.717) is 23.7 Å². The van der Waals surface area contributed by atoms with E-state index in [1.807, 2.05) is 12.4 Å². The zero-order valence-electron chi connectivity index (χ0n) is 15.7. The van der Waals surface area contributed by atoms with Crippen LogP contribution >= 0.6 is 31.9 Å². The van der Waals surface area contributed by atoms with Crippen LogP contribution in [-0.4, -0.2) is 9.97 Å². The van der Waals surface area contributed by atoms with Gasteiger partial charge in [-0.3, -0.25) is 9.97 Å². The van der Waals surface area contributed by atoms with Crippen molar-refractivity contribution in [1.82, 2.24) is 9.97 Å². The second-order valence-corrected chi connectivity index (χ2v) is 10.0. The molecule has 0 spiro atoms. The maximum Gasteiger partial charge on any atom is 0.0579 e. The largest absolute Gasteiger partial charge is 0.260 e. The van der Waals surface area contributed by atoms with Gasteiger partial charge in [0.2, 0.25) is 0 Å². The molecule has 0 bridgehead atoms. The molecular weight excluding hydrogens is 452 g/mol. The van der Waals surface area contributed by atoms with Crippen LogP contribution in [0.2, 0.25) is 0 Å². The van der Waals surface area contributed by atoms with Gasteiger partial charge >= 0.3 is 0 Å². The number of hydrogen-bond donors (Lipinski definition) is 0. The van der Waals surface area contributed by atoms with Gasteiger partial charge in [0.15, 0.2) is 0 Å². The van der Waals surface area contributed by atoms with Gasteiger partial charge in [-0.2, -0.15) is 0 Å². The predicted octanol–water partition coefficient (Wildman–Crippen LogP) is 7.30. The minimum Gasteiger partial charge on any atom is -0.260 e. The minimum atomic E-state index is 0.524. The molecule has 2 aliphatic carbocycles. The molecule has 2 saturated carbocycles. The smallest absolute Gasteiger partial charge is 0.0579 e. The van der Waals surface area contributed by atoms with Crippen LogP contribution in [0.25, 0.3) is 0 Å². The highest BCUT2D eigenvalue weighted by atomic mass is 79.9. The Balaban J connectivity index is 1.45. The van der Waals surface area contributed by atoms with Crippen LogP contribution in [0.5, 0.6) is 0 Å². The lowest BCUT2D eigenvalue weighted by Gasteiger charge is -2.16. The molecule has 2 nitrogen and oxygen atoms in total. The summed E-state index contributed by atoms with van der Waals surface area (Å²) in [5.41, 5.74) is 5.36. The van der Waals surface area contributed by atoms with Crippen LogP contribution in [0.4, 0.5) is 0 Å². The summed E-state index contributed by atoms with van der Waals surface area (Å²) in [5, 5.41) is 0. The molecule has 138 valence electrons. The lowest BCUT2D eigenvalue weighted by molar-refractivity contribution is 0.600. The number of halogens is 2. The first-order valence-corrected chi connectivity index (χ1v) is 11.3. The van der Waals surface area contributed by atoms with Gasteiger partial charge in [0, 0.05) is 38.9 Å². The lowest BCUT2D eigenvalue weighted by atomic mass is 9.94. The van der Waals surface area contributed by atoms with E-state index in [-0.39, 0.29) is 0 Å². The SMILES string of the molecule is CC(C)c1cc(C2CC2CC(C)c2ccnc(C3CC3)c2Br)ncc1Br. The third-order valence-corrected chi connectivity index (χ3v) is 7.45. The summed E-state index contributed by atoms with van der Waals surface area (Å²) < 4.78 is 2.39. The van der Waals surface area contributed by atoms with Crippen LogP contribution < -0.4 is 0 Å². The number of hydrogen-bond acceptors (Lipinski definition) is 2. The molecule has 3 atom stereocenters. The summed E-state index contributed by atoms with van der Waals surface area (Å²) in [6, 6.07) is 4.52. The van der Waals surface area contributed by atoms with Crippen molar-refractivity contribution in [3.63, 3.8) is 0 Å². The molecule has 2 aliphatic rings. The molecule has 0 amide bonds.